The summed E-state index contributed by atoms with van der Waals surface area (Å²) in [6.45, 7) is 5.44. The van der Waals surface area contributed by atoms with Crippen LogP contribution in [-0.4, -0.2) is 48.9 Å². The molecule has 0 amide bonds. The number of hydrogen-bond donors (Lipinski definition) is 2. The SMILES string of the molecule is CC(S)CC(=O)OCCCOCCCOC(=O)CC(C)S. The van der Waals surface area contributed by atoms with Gasteiger partial charge in [-0.25, -0.2) is 0 Å². The first-order valence-corrected chi connectivity index (χ1v) is 8.20. The van der Waals surface area contributed by atoms with Crippen molar-refractivity contribution in [3.8, 4) is 0 Å². The molecule has 0 aromatic carbocycles. The van der Waals surface area contributed by atoms with Gasteiger partial charge in [0.15, 0.2) is 0 Å². The Morgan fingerprint density at radius 1 is 0.810 bits per heavy atom. The molecule has 0 heterocycles. The second kappa shape index (κ2) is 13.3. The number of rotatable bonds is 12. The fourth-order valence-electron chi connectivity index (χ4n) is 1.40. The molecule has 0 aliphatic heterocycles. The van der Waals surface area contributed by atoms with Crippen molar-refractivity contribution in [1.29, 1.82) is 0 Å². The maximum Gasteiger partial charge on any atom is 0.306 e. The molecule has 2 atom stereocenters. The highest BCUT2D eigenvalue weighted by atomic mass is 32.1. The quantitative estimate of drug-likeness (QED) is 0.325. The second-order valence-corrected chi connectivity index (χ2v) is 6.63. The van der Waals surface area contributed by atoms with Gasteiger partial charge in [0.05, 0.1) is 26.1 Å². The zero-order valence-corrected chi connectivity index (χ0v) is 14.5. The summed E-state index contributed by atoms with van der Waals surface area (Å²) >= 11 is 8.23. The highest BCUT2D eigenvalue weighted by molar-refractivity contribution is 7.81. The van der Waals surface area contributed by atoms with Crippen molar-refractivity contribution in [3.05, 3.63) is 0 Å². The van der Waals surface area contributed by atoms with Crippen LogP contribution in [0.5, 0.6) is 0 Å². The Kier molecular flexibility index (Phi) is 13.0. The Morgan fingerprint density at radius 2 is 1.19 bits per heavy atom. The van der Waals surface area contributed by atoms with Crippen LogP contribution in [0.1, 0.15) is 39.5 Å². The molecule has 0 spiro atoms. The highest BCUT2D eigenvalue weighted by Gasteiger charge is 2.07. The lowest BCUT2D eigenvalue weighted by Crippen LogP contribution is -2.13. The molecule has 0 aromatic heterocycles. The van der Waals surface area contributed by atoms with Gasteiger partial charge in [0.2, 0.25) is 0 Å². The molecule has 0 fully saturated rings. The van der Waals surface area contributed by atoms with Crippen LogP contribution in [0.4, 0.5) is 0 Å². The Balaban J connectivity index is 3.26. The first kappa shape index (κ1) is 20.6. The normalized spacial score (nSPS) is 13.5. The summed E-state index contributed by atoms with van der Waals surface area (Å²) < 4.78 is 15.4. The third-order valence-electron chi connectivity index (χ3n) is 2.32. The van der Waals surface area contributed by atoms with Crippen LogP contribution >= 0.6 is 25.3 Å². The fraction of sp³-hybridized carbons (Fsp3) is 0.857. The highest BCUT2D eigenvalue weighted by Crippen LogP contribution is 2.02. The van der Waals surface area contributed by atoms with Crippen LogP contribution in [-0.2, 0) is 23.8 Å². The molecule has 0 aromatic rings. The lowest BCUT2D eigenvalue weighted by atomic mass is 10.3. The first-order chi connectivity index (χ1) is 9.91. The van der Waals surface area contributed by atoms with Gasteiger partial charge >= 0.3 is 11.9 Å². The van der Waals surface area contributed by atoms with Crippen LogP contribution in [0.3, 0.4) is 0 Å². The molecule has 0 rings (SSSR count). The summed E-state index contributed by atoms with van der Waals surface area (Å²) in [4.78, 5) is 22.4. The summed E-state index contributed by atoms with van der Waals surface area (Å²) in [5.74, 6) is -0.467. The van der Waals surface area contributed by atoms with Crippen molar-refractivity contribution in [2.45, 2.75) is 50.0 Å². The summed E-state index contributed by atoms with van der Waals surface area (Å²) in [7, 11) is 0. The summed E-state index contributed by atoms with van der Waals surface area (Å²) in [5, 5.41) is 0.0315. The smallest absolute Gasteiger partial charge is 0.306 e. The molecule has 0 saturated carbocycles. The fourth-order valence-corrected chi connectivity index (χ4v) is 1.69. The van der Waals surface area contributed by atoms with Gasteiger partial charge in [0, 0.05) is 36.6 Å². The van der Waals surface area contributed by atoms with E-state index in [1.807, 2.05) is 13.8 Å². The number of hydrogen-bond acceptors (Lipinski definition) is 7. The lowest BCUT2D eigenvalue weighted by Gasteiger charge is -2.08. The van der Waals surface area contributed by atoms with Gasteiger partial charge in [0.1, 0.15) is 0 Å². The third-order valence-corrected chi connectivity index (χ3v) is 2.68. The number of esters is 2. The molecule has 5 nitrogen and oxygen atoms in total. The van der Waals surface area contributed by atoms with Crippen molar-refractivity contribution in [2.75, 3.05) is 26.4 Å². The van der Waals surface area contributed by atoms with Gasteiger partial charge in [-0.2, -0.15) is 25.3 Å². The Bertz CT molecular complexity index is 267. The van der Waals surface area contributed by atoms with Gasteiger partial charge in [0.25, 0.3) is 0 Å². The van der Waals surface area contributed by atoms with Crippen molar-refractivity contribution in [2.24, 2.45) is 0 Å². The van der Waals surface area contributed by atoms with E-state index in [-0.39, 0.29) is 22.4 Å². The van der Waals surface area contributed by atoms with Gasteiger partial charge in [-0.3, -0.25) is 9.59 Å². The van der Waals surface area contributed by atoms with E-state index in [9.17, 15) is 9.59 Å². The van der Waals surface area contributed by atoms with Crippen molar-refractivity contribution < 1.29 is 23.8 Å². The first-order valence-electron chi connectivity index (χ1n) is 7.17. The third kappa shape index (κ3) is 15.8. The molecule has 21 heavy (non-hydrogen) atoms. The minimum absolute atomic E-state index is 0.0157. The lowest BCUT2D eigenvalue weighted by molar-refractivity contribution is -0.144. The molecule has 2 unspecified atom stereocenters. The van der Waals surface area contributed by atoms with Crippen LogP contribution < -0.4 is 0 Å². The number of thiol groups is 2. The van der Waals surface area contributed by atoms with E-state index in [1.165, 1.54) is 0 Å². The van der Waals surface area contributed by atoms with Crippen LogP contribution in [0.25, 0.3) is 0 Å². The topological polar surface area (TPSA) is 61.8 Å². The summed E-state index contributed by atoms with van der Waals surface area (Å²) in [6, 6.07) is 0. The molecule has 0 N–H and O–H groups in total. The average molecular weight is 338 g/mol. The van der Waals surface area contributed by atoms with Gasteiger partial charge < -0.3 is 14.2 Å². The monoisotopic (exact) mass is 338 g/mol. The maximum atomic E-state index is 11.2. The molecule has 7 heteroatoms. The molecule has 0 bridgehead atoms. The predicted octanol–water partition coefficient (Wildman–Crippen LogP) is 2.29. The van der Waals surface area contributed by atoms with Crippen LogP contribution in [0.15, 0.2) is 0 Å². The second-order valence-electron chi connectivity index (χ2n) is 4.87. The van der Waals surface area contributed by atoms with E-state index in [1.54, 1.807) is 0 Å². The molecule has 0 saturated heterocycles. The van der Waals surface area contributed by atoms with E-state index in [0.717, 1.165) is 0 Å². The number of ether oxygens (including phenoxy) is 3. The molecular weight excluding hydrogens is 312 g/mol. The Hall–Kier alpha value is -0.400. The van der Waals surface area contributed by atoms with E-state index in [2.05, 4.69) is 25.3 Å². The standard InChI is InChI=1S/C14H26O5S2/c1-11(20)9-13(15)18-7-3-5-17-6-4-8-19-14(16)10-12(2)21/h11-12,20-21H,3-10H2,1-2H3. The van der Waals surface area contributed by atoms with E-state index >= 15 is 0 Å². The van der Waals surface area contributed by atoms with E-state index in [0.29, 0.717) is 52.1 Å². The maximum absolute atomic E-state index is 11.2. The van der Waals surface area contributed by atoms with E-state index in [4.69, 9.17) is 14.2 Å². The summed E-state index contributed by atoms with van der Waals surface area (Å²) in [6.07, 6.45) is 1.95. The molecule has 0 aliphatic carbocycles. The van der Waals surface area contributed by atoms with Crippen molar-refractivity contribution in [3.63, 3.8) is 0 Å². The minimum atomic E-state index is -0.233. The molecule has 0 aliphatic rings. The Morgan fingerprint density at radius 3 is 1.52 bits per heavy atom. The molecular formula is C14H26O5S2. The van der Waals surface area contributed by atoms with Gasteiger partial charge in [-0.1, -0.05) is 13.8 Å². The van der Waals surface area contributed by atoms with Crippen LogP contribution in [0, 0.1) is 0 Å². The van der Waals surface area contributed by atoms with Gasteiger partial charge in [-0.05, 0) is 0 Å². The summed E-state index contributed by atoms with van der Waals surface area (Å²) in [5.41, 5.74) is 0. The van der Waals surface area contributed by atoms with E-state index < -0.39 is 0 Å². The average Bonchev–Trinajstić information content (AvgIpc) is 2.34. The van der Waals surface area contributed by atoms with Crippen molar-refractivity contribution >= 4 is 37.2 Å². The number of carbonyl (C=O) groups excluding carboxylic acids is 2. The van der Waals surface area contributed by atoms with Crippen molar-refractivity contribution in [1.82, 2.24) is 0 Å². The molecule has 124 valence electrons. The van der Waals surface area contributed by atoms with Crippen LogP contribution in [0.2, 0.25) is 0 Å². The number of carbonyl (C=O) groups is 2. The largest absolute Gasteiger partial charge is 0.466 e. The Labute approximate surface area is 137 Å². The van der Waals surface area contributed by atoms with Gasteiger partial charge in [-0.15, -0.1) is 0 Å². The molecule has 0 radical (unpaired) electrons. The zero-order valence-electron chi connectivity index (χ0n) is 12.7. The zero-order chi connectivity index (χ0) is 16.1. The minimum Gasteiger partial charge on any atom is -0.466 e. The predicted molar refractivity (Wildman–Crippen MR) is 88.1 cm³/mol.